The van der Waals surface area contributed by atoms with Crippen LogP contribution in [0.2, 0.25) is 0 Å². The van der Waals surface area contributed by atoms with Crippen LogP contribution in [0.15, 0.2) is 152 Å². The van der Waals surface area contributed by atoms with Gasteiger partial charge in [-0.1, -0.05) is 125 Å². The van der Waals surface area contributed by atoms with E-state index in [9.17, 15) is 19.2 Å². The number of guanidine groups is 2. The van der Waals surface area contributed by atoms with Gasteiger partial charge in [-0.05, 0) is 166 Å². The molecule has 0 radical (unpaired) electrons. The number of aromatic nitrogens is 5. The van der Waals surface area contributed by atoms with Crippen molar-refractivity contribution in [3.8, 4) is 0 Å². The zero-order valence-electron chi connectivity index (χ0n) is 79.0. The van der Waals surface area contributed by atoms with Crippen LogP contribution in [0.3, 0.4) is 0 Å². The zero-order chi connectivity index (χ0) is 99.1. The quantitative estimate of drug-likeness (QED) is 0.0147. The van der Waals surface area contributed by atoms with E-state index >= 15 is 43.2 Å². The summed E-state index contributed by atoms with van der Waals surface area (Å²) in [6.07, 6.45) is 11.5. The Morgan fingerprint density at radius 1 is 0.367 bits per heavy atom. The van der Waals surface area contributed by atoms with Crippen LogP contribution in [0.25, 0.3) is 54.5 Å². The van der Waals surface area contributed by atoms with E-state index in [0.29, 0.717) is 71.9 Å². The fourth-order valence-electron chi connectivity index (χ4n) is 19.2. The monoisotopic (exact) mass is 1910 g/mol. The summed E-state index contributed by atoms with van der Waals surface area (Å²) in [6.45, 7) is 8.37. The number of rotatable bonds is 48. The number of benzene rings is 5. The van der Waals surface area contributed by atoms with Gasteiger partial charge in [0.05, 0.1) is 6.04 Å². The van der Waals surface area contributed by atoms with Crippen molar-refractivity contribution < 1.29 is 62.3 Å². The number of primary amides is 1. The van der Waals surface area contributed by atoms with Gasteiger partial charge in [-0.25, -0.2) is 0 Å². The maximum absolute atomic E-state index is 16.1. The number of carbonyl (C=O) groups is 13. The van der Waals surface area contributed by atoms with Crippen molar-refractivity contribution in [1.29, 1.82) is 10.8 Å². The van der Waals surface area contributed by atoms with E-state index in [4.69, 9.17) is 39.5 Å². The summed E-state index contributed by atoms with van der Waals surface area (Å²) in [7, 11) is 0. The van der Waals surface area contributed by atoms with Crippen molar-refractivity contribution in [1.82, 2.24) is 98.1 Å². The molecule has 3 fully saturated rings. The molecule has 39 heteroatoms. The van der Waals surface area contributed by atoms with Crippen LogP contribution in [-0.2, 0) is 94.4 Å². The predicted molar refractivity (Wildman–Crippen MR) is 529 cm³/mol. The Bertz CT molecular complexity index is 6070. The molecule has 3 aliphatic heterocycles. The number of hydrogen-bond acceptors (Lipinski definition) is 17. The highest BCUT2D eigenvalue weighted by Crippen LogP contribution is 2.31. The summed E-state index contributed by atoms with van der Waals surface area (Å²) < 4.78 is 0. The first kappa shape index (κ1) is 102. The number of aromatic amines is 5. The number of unbranched alkanes of at least 4 members (excludes halogenated alkanes) is 1. The second-order valence-electron chi connectivity index (χ2n) is 37.1. The number of amides is 13. The van der Waals surface area contributed by atoms with Crippen LogP contribution in [0, 0.1) is 22.7 Å². The molecule has 0 bridgehead atoms. The molecule has 8 heterocycles. The van der Waals surface area contributed by atoms with Crippen molar-refractivity contribution in [2.24, 2.45) is 40.5 Å². The van der Waals surface area contributed by atoms with Gasteiger partial charge < -0.3 is 127 Å². The molecule has 0 aliphatic carbocycles. The third-order valence-electron chi connectivity index (χ3n) is 26.9. The van der Waals surface area contributed by atoms with Crippen LogP contribution in [0.1, 0.15) is 152 Å². The standard InChI is InChI=1S/C100H132N26O13/c1-5-57(4)85(102)95(136)123-79(45-56(2)3)96(137)124-42-20-36-82(124)92(133)118-76(46-58-51-110-68-28-11-6-23-63(58)68)89(130)116-74(33-16-17-39-101)88(129)121-80(49-61-54-113-71-31-14-9-26-66(61)71)97(138)125-43-21-38-84(125)94(135)120-78(48-60-53-112-70-30-13-8-25-65(60)70)91(132)122-81(50-62-55-114-72-32-15-10-27-67(62)72)98(139)126-44-22-37-83(126)93(134)119-77(47-59-52-111-69-29-12-7-24-64(59)69)90(131)117-75(35-19-41-109-100(106)107)87(128)115-73(86(103)127)34-18-40-108-99(104)105/h6-15,23-32,51-57,73-85,110-114H,5,16-22,33-50,101-102H2,1-4H3,(H2,103,127)(H,115,128)(H,116,130)(H,117,131)(H,118,133)(H,119,134)(H,120,135)(H,121,129)(H,122,132)(H,123,136)(H4,104,105,108)(H4,106,107,109)/t57?,73-,74-,75-,76-,77-,78-,79-,80-,81-,82-,83-,84-,85-/m0/s1. The average molecular weight is 1910 g/mol. The normalized spacial score (nSPS) is 17.2. The van der Waals surface area contributed by atoms with E-state index in [2.05, 4.69) is 83.4 Å². The number of nitrogens with zero attached hydrogens (tertiary/aromatic N) is 3. The Morgan fingerprint density at radius 2 is 0.647 bits per heavy atom. The first-order valence-corrected chi connectivity index (χ1v) is 48.2. The maximum atomic E-state index is 16.1. The molecule has 3 aliphatic rings. The second-order valence-corrected chi connectivity index (χ2v) is 37.1. The van der Waals surface area contributed by atoms with Crippen molar-refractivity contribution in [3.63, 3.8) is 0 Å². The molecule has 0 spiro atoms. The second kappa shape index (κ2) is 47.9. The smallest absolute Gasteiger partial charge is 0.246 e. The van der Waals surface area contributed by atoms with Gasteiger partial charge in [-0.15, -0.1) is 0 Å². The molecule has 740 valence electrons. The van der Waals surface area contributed by atoms with Gasteiger partial charge in [0, 0.05) is 150 Å². The number of fused-ring (bicyclic) bond motifs is 5. The average Bonchev–Trinajstić information content (AvgIpc) is 1.66. The lowest BCUT2D eigenvalue weighted by Crippen LogP contribution is -2.61. The Balaban J connectivity index is 0.772. The lowest BCUT2D eigenvalue weighted by Gasteiger charge is -2.32. The number of H-pyrrole nitrogens is 5. The van der Waals surface area contributed by atoms with Gasteiger partial charge in [0.15, 0.2) is 11.9 Å². The molecule has 139 heavy (non-hydrogen) atoms. The highest BCUT2D eigenvalue weighted by molar-refractivity contribution is 6.02. The molecule has 13 amide bonds. The largest absolute Gasteiger partial charge is 0.370 e. The van der Waals surface area contributed by atoms with E-state index in [1.54, 1.807) is 31.0 Å². The maximum Gasteiger partial charge on any atom is 0.246 e. The Hall–Kier alpha value is -14.6. The third kappa shape index (κ3) is 26.0. The van der Waals surface area contributed by atoms with E-state index in [0.717, 1.165) is 49.0 Å². The minimum atomic E-state index is -1.48. The highest BCUT2D eigenvalue weighted by atomic mass is 16.2. The third-order valence-corrected chi connectivity index (χ3v) is 26.9. The van der Waals surface area contributed by atoms with Crippen molar-refractivity contribution >= 4 is 143 Å². The number of carbonyl (C=O) groups excluding carboxylic acids is 13. The molecule has 28 N–H and O–H groups in total. The van der Waals surface area contributed by atoms with Crippen LogP contribution in [-0.4, -0.2) is 246 Å². The Kier molecular flexibility index (Phi) is 35.1. The minimum Gasteiger partial charge on any atom is -0.370 e. The van der Waals surface area contributed by atoms with E-state index in [-0.39, 0.29) is 153 Å². The molecular formula is C100H132N26O13. The molecule has 0 saturated carbocycles. The zero-order valence-corrected chi connectivity index (χ0v) is 79.0. The minimum absolute atomic E-state index is 0.0147. The first-order chi connectivity index (χ1) is 66.9. The topological polar surface area (TPSA) is 621 Å². The lowest BCUT2D eigenvalue weighted by atomic mass is 9.97. The number of para-hydroxylation sites is 5. The Morgan fingerprint density at radius 3 is 0.957 bits per heavy atom. The predicted octanol–water partition coefficient (Wildman–Crippen LogP) is 3.50. The lowest BCUT2D eigenvalue weighted by molar-refractivity contribution is -0.143. The fourth-order valence-corrected chi connectivity index (χ4v) is 19.2. The summed E-state index contributed by atoms with van der Waals surface area (Å²) in [5, 5.41) is 50.7. The molecule has 39 nitrogen and oxygen atoms in total. The summed E-state index contributed by atoms with van der Waals surface area (Å²) in [5.74, 6) is -10.1. The first-order valence-electron chi connectivity index (χ1n) is 48.2. The van der Waals surface area contributed by atoms with Gasteiger partial charge >= 0.3 is 0 Å². The van der Waals surface area contributed by atoms with Crippen molar-refractivity contribution in [3.05, 3.63) is 180 Å². The SMILES string of the molecule is CCC(C)[C@H](N)C(=O)N[C@@H](CC(C)C)C(=O)N1CCC[C@H]1C(=O)N[C@@H](Cc1c[nH]c2ccccc12)C(=O)N[C@@H](CCCCN)C(=O)N[C@@H](Cc1c[nH]c2ccccc12)C(=O)N1CCC[C@H]1C(=O)N[C@@H](Cc1c[nH]c2ccccc12)C(=O)N[C@@H](Cc1c[nH]c2ccccc12)C(=O)N1CCC[C@H]1C(=O)N[C@@H](Cc1c[nH]c2ccccc12)C(=O)N[C@@H](CCCNC(=N)N)C(=O)N[C@@H](CCCNC(=N)N)C(N)=O. The summed E-state index contributed by atoms with van der Waals surface area (Å²) in [6, 6.07) is 20.3. The molecular weight excluding hydrogens is 1770 g/mol. The number of hydrogen-bond donors (Lipinski definition) is 23. The summed E-state index contributed by atoms with van der Waals surface area (Å²) in [4.78, 5) is 217. The van der Waals surface area contributed by atoms with Crippen LogP contribution in [0.4, 0.5) is 0 Å². The molecule has 3 saturated heterocycles. The Labute approximate surface area is 804 Å². The number of nitrogens with one attached hydrogen (secondary N) is 18. The molecule has 5 aromatic heterocycles. The van der Waals surface area contributed by atoms with Crippen LogP contribution >= 0.6 is 0 Å². The fraction of sp³-hybridized carbons (Fsp3) is 0.450. The molecule has 5 aromatic carbocycles. The van der Waals surface area contributed by atoms with Gasteiger partial charge in [0.1, 0.15) is 72.5 Å². The number of nitrogens with two attached hydrogens (primary N) is 5. The van der Waals surface area contributed by atoms with Crippen molar-refractivity contribution in [2.75, 3.05) is 39.3 Å². The van der Waals surface area contributed by atoms with Gasteiger partial charge in [0.25, 0.3) is 0 Å². The van der Waals surface area contributed by atoms with E-state index in [1.165, 1.54) is 14.7 Å². The molecule has 14 atom stereocenters. The van der Waals surface area contributed by atoms with E-state index in [1.807, 2.05) is 149 Å². The summed E-state index contributed by atoms with van der Waals surface area (Å²) >= 11 is 0. The van der Waals surface area contributed by atoms with Gasteiger partial charge in [0.2, 0.25) is 76.8 Å². The molecule has 10 aromatic rings. The molecule has 1 unspecified atom stereocenters. The molecule has 13 rings (SSSR count). The van der Waals surface area contributed by atoms with Crippen molar-refractivity contribution in [2.45, 2.75) is 235 Å². The van der Waals surface area contributed by atoms with E-state index < -0.39 is 155 Å². The highest BCUT2D eigenvalue weighted by Gasteiger charge is 2.46. The van der Waals surface area contributed by atoms with Crippen LogP contribution < -0.4 is 87.2 Å². The van der Waals surface area contributed by atoms with Crippen LogP contribution in [0.5, 0.6) is 0 Å². The number of likely N-dealkylation sites (tertiary alicyclic amines) is 3. The summed E-state index contributed by atoms with van der Waals surface area (Å²) in [5.41, 5.74) is 36.1. The van der Waals surface area contributed by atoms with Gasteiger partial charge in [-0.3, -0.25) is 73.1 Å². The van der Waals surface area contributed by atoms with Gasteiger partial charge in [-0.2, -0.15) is 0 Å².